The van der Waals surface area contributed by atoms with Crippen molar-refractivity contribution >= 4 is 5.91 Å². The summed E-state index contributed by atoms with van der Waals surface area (Å²) in [5.74, 6) is 0.956. The Labute approximate surface area is 121 Å². The average Bonchev–Trinajstić information content (AvgIpc) is 3.28. The number of carbonyl (C=O) groups excluding carboxylic acids is 1. The van der Waals surface area contributed by atoms with Gasteiger partial charge in [0.25, 0.3) is 0 Å². The fraction of sp³-hybridized carbons (Fsp3) is 0.588. The maximum absolute atomic E-state index is 12.7. The predicted octanol–water partition coefficient (Wildman–Crippen LogP) is 2.52. The highest BCUT2D eigenvalue weighted by molar-refractivity contribution is 5.83. The van der Waals surface area contributed by atoms with Gasteiger partial charge in [-0.05, 0) is 44.1 Å². The second-order valence-electron chi connectivity index (χ2n) is 6.31. The largest absolute Gasteiger partial charge is 0.338 e. The summed E-state index contributed by atoms with van der Waals surface area (Å²) in [7, 11) is 0. The van der Waals surface area contributed by atoms with Gasteiger partial charge in [0.05, 0.1) is 0 Å². The Morgan fingerprint density at radius 1 is 1.30 bits per heavy atom. The lowest BCUT2D eigenvalue weighted by Crippen LogP contribution is -2.52. The number of nitrogens with zero attached hydrogens (tertiary/aromatic N) is 1. The Morgan fingerprint density at radius 2 is 2.05 bits per heavy atom. The molecule has 0 bridgehead atoms. The first-order valence-electron chi connectivity index (χ1n) is 7.79. The number of amides is 1. The number of hydrogen-bond acceptors (Lipinski definition) is 2. The predicted molar refractivity (Wildman–Crippen MR) is 80.3 cm³/mol. The van der Waals surface area contributed by atoms with Crippen LogP contribution in [0.4, 0.5) is 0 Å². The minimum absolute atomic E-state index is 0.0770. The molecule has 1 aromatic rings. The van der Waals surface area contributed by atoms with Gasteiger partial charge < -0.3 is 10.6 Å². The Balaban J connectivity index is 1.68. The van der Waals surface area contributed by atoms with Crippen LogP contribution in [0, 0.1) is 5.92 Å². The quantitative estimate of drug-likeness (QED) is 0.919. The molecule has 1 aliphatic heterocycles. The first kappa shape index (κ1) is 13.6. The van der Waals surface area contributed by atoms with E-state index in [1.165, 1.54) is 12.0 Å². The smallest absolute Gasteiger partial charge is 0.226 e. The molecule has 1 aliphatic carbocycles. The van der Waals surface area contributed by atoms with Crippen LogP contribution in [-0.2, 0) is 4.79 Å². The molecule has 2 aliphatic rings. The summed E-state index contributed by atoms with van der Waals surface area (Å²) >= 11 is 0. The van der Waals surface area contributed by atoms with Crippen LogP contribution in [0.15, 0.2) is 30.3 Å². The number of nitrogens with two attached hydrogens (primary N) is 1. The molecule has 3 heteroatoms. The molecule has 4 unspecified atom stereocenters. The molecule has 3 nitrogen and oxygen atoms in total. The van der Waals surface area contributed by atoms with Gasteiger partial charge in [-0.1, -0.05) is 30.3 Å². The number of piperidine rings is 1. The van der Waals surface area contributed by atoms with Gasteiger partial charge in [-0.2, -0.15) is 0 Å². The van der Waals surface area contributed by atoms with Gasteiger partial charge in [0.15, 0.2) is 0 Å². The maximum Gasteiger partial charge on any atom is 0.226 e. The van der Waals surface area contributed by atoms with Gasteiger partial charge in [-0.15, -0.1) is 0 Å². The Bertz CT molecular complexity index is 471. The van der Waals surface area contributed by atoms with Gasteiger partial charge in [-0.25, -0.2) is 0 Å². The molecule has 2 fully saturated rings. The van der Waals surface area contributed by atoms with E-state index in [9.17, 15) is 4.79 Å². The Morgan fingerprint density at radius 3 is 2.75 bits per heavy atom. The first-order chi connectivity index (χ1) is 9.68. The van der Waals surface area contributed by atoms with Gasteiger partial charge in [0, 0.05) is 24.5 Å². The Hall–Kier alpha value is -1.35. The summed E-state index contributed by atoms with van der Waals surface area (Å²) in [6, 6.07) is 10.7. The van der Waals surface area contributed by atoms with Crippen molar-refractivity contribution < 1.29 is 4.79 Å². The lowest BCUT2D eigenvalue weighted by Gasteiger charge is -2.38. The lowest BCUT2D eigenvalue weighted by atomic mass is 9.96. The van der Waals surface area contributed by atoms with Crippen LogP contribution >= 0.6 is 0 Å². The average molecular weight is 272 g/mol. The molecule has 2 N–H and O–H groups in total. The highest BCUT2D eigenvalue weighted by Crippen LogP contribution is 2.49. The number of likely N-dealkylation sites (tertiary alicyclic amines) is 1. The second-order valence-corrected chi connectivity index (χ2v) is 6.31. The zero-order valence-corrected chi connectivity index (χ0v) is 12.2. The van der Waals surface area contributed by atoms with E-state index >= 15 is 0 Å². The van der Waals surface area contributed by atoms with Gasteiger partial charge in [0.1, 0.15) is 0 Å². The zero-order chi connectivity index (χ0) is 14.1. The summed E-state index contributed by atoms with van der Waals surface area (Å²) in [6.45, 7) is 2.92. The maximum atomic E-state index is 12.7. The van der Waals surface area contributed by atoms with Crippen molar-refractivity contribution in [3.63, 3.8) is 0 Å². The molecule has 0 aromatic heterocycles. The molecule has 1 aromatic carbocycles. The normalized spacial score (nSPS) is 30.9. The van der Waals surface area contributed by atoms with E-state index in [-0.39, 0.29) is 18.0 Å². The Kier molecular flexibility index (Phi) is 3.79. The van der Waals surface area contributed by atoms with Gasteiger partial charge >= 0.3 is 0 Å². The van der Waals surface area contributed by atoms with Crippen molar-refractivity contribution in [3.8, 4) is 0 Å². The number of benzene rings is 1. The van der Waals surface area contributed by atoms with Crippen LogP contribution in [0.2, 0.25) is 0 Å². The molecule has 0 spiro atoms. The van der Waals surface area contributed by atoms with E-state index in [2.05, 4.69) is 29.2 Å². The minimum Gasteiger partial charge on any atom is -0.338 e. The van der Waals surface area contributed by atoms with E-state index in [1.54, 1.807) is 0 Å². The van der Waals surface area contributed by atoms with Crippen molar-refractivity contribution in [3.05, 3.63) is 35.9 Å². The molecule has 0 radical (unpaired) electrons. The highest BCUT2D eigenvalue weighted by Gasteiger charge is 2.47. The van der Waals surface area contributed by atoms with Crippen molar-refractivity contribution in [1.82, 2.24) is 4.90 Å². The summed E-state index contributed by atoms with van der Waals surface area (Å²) in [6.07, 6.45) is 4.39. The highest BCUT2D eigenvalue weighted by atomic mass is 16.2. The van der Waals surface area contributed by atoms with Crippen molar-refractivity contribution in [2.24, 2.45) is 11.7 Å². The fourth-order valence-corrected chi connectivity index (χ4v) is 3.53. The number of hydrogen-bond donors (Lipinski definition) is 1. The molecule has 1 saturated heterocycles. The van der Waals surface area contributed by atoms with Crippen LogP contribution in [0.3, 0.4) is 0 Å². The van der Waals surface area contributed by atoms with Crippen molar-refractivity contribution in [2.45, 2.75) is 50.6 Å². The van der Waals surface area contributed by atoms with Crippen molar-refractivity contribution in [1.29, 1.82) is 0 Å². The molecular weight excluding hydrogens is 248 g/mol. The standard InChI is InChI=1S/C17H24N2O/c1-12(18)16-9-5-6-10-19(16)17(20)15-11-14(15)13-7-3-2-4-8-13/h2-4,7-8,12,14-16H,5-6,9-11,18H2,1H3. The third-order valence-electron chi connectivity index (χ3n) is 4.77. The van der Waals surface area contributed by atoms with Crippen LogP contribution in [0.25, 0.3) is 0 Å². The van der Waals surface area contributed by atoms with E-state index in [0.29, 0.717) is 11.8 Å². The zero-order valence-electron chi connectivity index (χ0n) is 12.2. The summed E-state index contributed by atoms with van der Waals surface area (Å²) in [4.78, 5) is 14.8. The second kappa shape index (κ2) is 5.57. The van der Waals surface area contributed by atoms with Crippen LogP contribution in [0.5, 0.6) is 0 Å². The molecule has 108 valence electrons. The summed E-state index contributed by atoms with van der Waals surface area (Å²) in [5, 5.41) is 0. The fourth-order valence-electron chi connectivity index (χ4n) is 3.53. The summed E-state index contributed by atoms with van der Waals surface area (Å²) in [5.41, 5.74) is 7.37. The lowest BCUT2D eigenvalue weighted by molar-refractivity contribution is -0.136. The van der Waals surface area contributed by atoms with E-state index in [0.717, 1.165) is 25.8 Å². The van der Waals surface area contributed by atoms with E-state index in [1.807, 2.05) is 13.0 Å². The molecule has 20 heavy (non-hydrogen) atoms. The molecular formula is C17H24N2O. The van der Waals surface area contributed by atoms with Gasteiger partial charge in [0.2, 0.25) is 5.91 Å². The van der Waals surface area contributed by atoms with Crippen LogP contribution < -0.4 is 5.73 Å². The number of rotatable bonds is 3. The molecule has 1 heterocycles. The summed E-state index contributed by atoms with van der Waals surface area (Å²) < 4.78 is 0. The van der Waals surface area contributed by atoms with Crippen LogP contribution in [0.1, 0.15) is 44.1 Å². The first-order valence-corrected chi connectivity index (χ1v) is 7.79. The topological polar surface area (TPSA) is 46.3 Å². The van der Waals surface area contributed by atoms with E-state index < -0.39 is 0 Å². The molecule has 1 amide bonds. The molecule has 4 atom stereocenters. The third kappa shape index (κ3) is 2.59. The third-order valence-corrected chi connectivity index (χ3v) is 4.77. The minimum atomic E-state index is 0.0770. The molecule has 3 rings (SSSR count). The van der Waals surface area contributed by atoms with Gasteiger partial charge in [-0.3, -0.25) is 4.79 Å². The van der Waals surface area contributed by atoms with Crippen molar-refractivity contribution in [2.75, 3.05) is 6.54 Å². The van der Waals surface area contributed by atoms with Crippen LogP contribution in [-0.4, -0.2) is 29.4 Å². The molecule has 1 saturated carbocycles. The number of carbonyl (C=O) groups is 1. The monoisotopic (exact) mass is 272 g/mol. The SMILES string of the molecule is CC(N)C1CCCCN1C(=O)C1CC1c1ccccc1. The van der Waals surface area contributed by atoms with E-state index in [4.69, 9.17) is 5.73 Å².